The molecule has 0 saturated carbocycles. The fraction of sp³-hybridized carbons (Fsp3) is 0.575. The molecule has 0 aromatic heterocycles. The Morgan fingerprint density at radius 1 is 0.267 bits per heavy atom. The fourth-order valence-electron chi connectivity index (χ4n) is 9.63. The molecule has 0 aliphatic carbocycles. The largest absolute Gasteiger partial charge is 0.472 e. The van der Waals surface area contributed by atoms with E-state index in [9.17, 15) is 43.5 Å². The normalized spacial score (nSPS) is 15.1. The maximum atomic E-state index is 13.0. The molecule has 0 bridgehead atoms. The van der Waals surface area contributed by atoms with Crippen LogP contribution in [0.4, 0.5) is 0 Å². The molecule has 5 atom stereocenters. The number of phosphoric acid groups is 2. The van der Waals surface area contributed by atoms with Gasteiger partial charge in [0.25, 0.3) is 0 Å². The molecule has 18 heteroatoms. The number of aliphatic hydroxyl groups is 2. The van der Waals surface area contributed by atoms with Gasteiger partial charge in [0.1, 0.15) is 25.4 Å². The highest BCUT2D eigenvalue weighted by molar-refractivity contribution is 7.47. The third kappa shape index (κ3) is 79.0. The van der Waals surface area contributed by atoms with E-state index in [1.165, 1.54) is 32.1 Å². The Bertz CT molecular complexity index is 2740. The molecular weight excluding hydrogens is 1360 g/mol. The van der Waals surface area contributed by atoms with Crippen LogP contribution in [0, 0.1) is 0 Å². The highest BCUT2D eigenvalue weighted by atomic mass is 31.2. The van der Waals surface area contributed by atoms with Crippen LogP contribution in [0.5, 0.6) is 0 Å². The zero-order valence-corrected chi connectivity index (χ0v) is 66.3. The topological polar surface area (TPSA) is 231 Å². The minimum absolute atomic E-state index is 0.0339. The summed E-state index contributed by atoms with van der Waals surface area (Å²) >= 11 is 0. The summed E-state index contributed by atoms with van der Waals surface area (Å²) < 4.78 is 61.0. The minimum Gasteiger partial charge on any atom is -0.463 e. The lowest BCUT2D eigenvalue weighted by Gasteiger charge is -2.21. The Kier molecular flexibility index (Phi) is 73.4. The highest BCUT2D eigenvalue weighted by Gasteiger charge is 2.29. The lowest BCUT2D eigenvalue weighted by atomic mass is 10.1. The van der Waals surface area contributed by atoms with E-state index in [0.717, 1.165) is 167 Å². The molecule has 0 aromatic carbocycles. The Balaban J connectivity index is 4.70. The van der Waals surface area contributed by atoms with Crippen LogP contribution in [0.25, 0.3) is 0 Å². The van der Waals surface area contributed by atoms with Gasteiger partial charge in [-0.1, -0.05) is 298 Å². The summed E-state index contributed by atoms with van der Waals surface area (Å²) in [5.41, 5.74) is 0. The fourth-order valence-corrected chi connectivity index (χ4v) is 11.2. The number of ether oxygens (including phenoxy) is 3. The summed E-state index contributed by atoms with van der Waals surface area (Å²) in [6.07, 6.45) is 103. The molecule has 0 rings (SSSR count). The van der Waals surface area contributed by atoms with Crippen LogP contribution in [-0.2, 0) is 55.8 Å². The number of hydrogen-bond acceptors (Lipinski definition) is 14. The highest BCUT2D eigenvalue weighted by Crippen LogP contribution is 2.45. The van der Waals surface area contributed by atoms with Crippen LogP contribution in [0.15, 0.2) is 207 Å². The van der Waals surface area contributed by atoms with Gasteiger partial charge in [0.15, 0.2) is 6.10 Å². The van der Waals surface area contributed by atoms with Gasteiger partial charge in [-0.15, -0.1) is 0 Å². The second-order valence-corrected chi connectivity index (χ2v) is 28.3. The average molecular weight is 1500 g/mol. The zero-order valence-electron chi connectivity index (χ0n) is 64.6. The second kappa shape index (κ2) is 77.7. The maximum Gasteiger partial charge on any atom is 0.472 e. The first-order valence-corrected chi connectivity index (χ1v) is 42.4. The van der Waals surface area contributed by atoms with Crippen LogP contribution in [0.3, 0.4) is 0 Å². The standard InChI is InChI=1S/C87H138O16P2/c1-4-7-10-13-16-19-22-25-28-31-34-36-37-38-39-40-41-42-43-45-48-49-52-55-58-61-64-67-70-73-85(90)97-76-82(88)77-99-104(93,94)100-78-83(89)79-101-105(95,96)102-81-84(103-87(92)75-72-69-66-63-60-57-54-51-46-33-30-27-24-21-18-15-12-9-6-3)80-98-86(91)74-71-68-65-62-59-56-53-50-47-44-35-32-29-26-23-20-17-14-11-8-5-2/h7-12,16-21,25-30,34-36,38-39,41-42,44,46,50-51,53,57,60,66,69,82-84,88-89H,4-6,13-15,22-24,31-33,37,40,43,45,47-49,52,54-56,58-59,61-65,67-68,70-81H2,1-3H3,(H,93,94)(H,95,96)/b10-7-,11-8-,12-9-,19-16-,20-17-,21-18-,28-25-,29-26-,30-27-,36-34-,39-38-,42-41-,44-35-,51-46-,53-50-,60-57-,69-66-. The summed E-state index contributed by atoms with van der Waals surface area (Å²) in [6, 6.07) is 0. The summed E-state index contributed by atoms with van der Waals surface area (Å²) in [6.45, 7) is 2.19. The van der Waals surface area contributed by atoms with Gasteiger partial charge in [0.2, 0.25) is 0 Å². The summed E-state index contributed by atoms with van der Waals surface area (Å²) in [5, 5.41) is 20.6. The number of hydrogen-bond donors (Lipinski definition) is 4. The van der Waals surface area contributed by atoms with Crippen molar-refractivity contribution in [2.24, 2.45) is 0 Å². The van der Waals surface area contributed by atoms with Crippen LogP contribution < -0.4 is 0 Å². The first kappa shape index (κ1) is 99.1. The first-order valence-electron chi connectivity index (χ1n) is 39.4. The number of allylic oxidation sites excluding steroid dienone is 34. The molecule has 0 fully saturated rings. The van der Waals surface area contributed by atoms with Gasteiger partial charge in [0, 0.05) is 19.3 Å². The van der Waals surface area contributed by atoms with Crippen molar-refractivity contribution in [1.82, 2.24) is 0 Å². The van der Waals surface area contributed by atoms with Crippen molar-refractivity contribution in [2.75, 3.05) is 39.6 Å². The smallest absolute Gasteiger partial charge is 0.463 e. The summed E-state index contributed by atoms with van der Waals surface area (Å²) in [4.78, 5) is 58.7. The molecule has 0 saturated heterocycles. The van der Waals surface area contributed by atoms with E-state index in [4.69, 9.17) is 32.3 Å². The minimum atomic E-state index is -4.97. The van der Waals surface area contributed by atoms with Gasteiger partial charge in [-0.3, -0.25) is 32.5 Å². The molecule has 0 aromatic rings. The number of carbonyl (C=O) groups is 3. The summed E-state index contributed by atoms with van der Waals surface area (Å²) in [5.74, 6) is -1.72. The van der Waals surface area contributed by atoms with Crippen molar-refractivity contribution < 1.29 is 75.8 Å². The van der Waals surface area contributed by atoms with E-state index in [-0.39, 0.29) is 19.3 Å². The lowest BCUT2D eigenvalue weighted by molar-refractivity contribution is -0.161. The Hall–Kier alpha value is -5.87. The van der Waals surface area contributed by atoms with Gasteiger partial charge in [0.05, 0.1) is 26.4 Å². The number of carbonyl (C=O) groups excluding carboxylic acids is 3. The molecule has 16 nitrogen and oxygen atoms in total. The molecule has 105 heavy (non-hydrogen) atoms. The number of esters is 3. The average Bonchev–Trinajstić information content (AvgIpc) is 0.911. The van der Waals surface area contributed by atoms with Crippen molar-refractivity contribution in [3.8, 4) is 0 Å². The predicted octanol–water partition coefficient (Wildman–Crippen LogP) is 23.3. The predicted molar refractivity (Wildman–Crippen MR) is 435 cm³/mol. The van der Waals surface area contributed by atoms with Gasteiger partial charge >= 0.3 is 33.6 Å². The second-order valence-electron chi connectivity index (χ2n) is 25.4. The Labute approximate surface area is 635 Å². The van der Waals surface area contributed by atoms with Crippen molar-refractivity contribution in [2.45, 2.75) is 283 Å². The monoisotopic (exact) mass is 1500 g/mol. The quantitative estimate of drug-likeness (QED) is 0.0146. The van der Waals surface area contributed by atoms with Crippen molar-refractivity contribution in [3.63, 3.8) is 0 Å². The van der Waals surface area contributed by atoms with E-state index in [0.29, 0.717) is 25.7 Å². The van der Waals surface area contributed by atoms with E-state index < -0.39 is 91.5 Å². The molecule has 0 aliphatic heterocycles. The number of aliphatic hydroxyl groups excluding tert-OH is 2. The first-order chi connectivity index (χ1) is 51.2. The number of rotatable bonds is 72. The molecule has 0 aliphatic rings. The lowest BCUT2D eigenvalue weighted by Crippen LogP contribution is -2.29. The SMILES string of the molecule is CC/C=C\C/C=C\C/C=C\C/C=C\C/C=C\C/C=C\CCCCCCCCCCCCC(=O)OCC(O)COP(=O)(O)OCC(O)COP(=O)(O)OCC(COC(=O)CCCCCCC/C=C\C/C=C\C/C=C\C/C=C\C/C=C\CC)OC(=O)CC/C=C\C/C=C\C/C=C\C/C=C\C/C=C\C/C=C\CC. The van der Waals surface area contributed by atoms with Crippen molar-refractivity contribution in [3.05, 3.63) is 207 Å². The maximum absolute atomic E-state index is 13.0. The molecule has 592 valence electrons. The molecule has 0 spiro atoms. The summed E-state index contributed by atoms with van der Waals surface area (Å²) in [7, 11) is -9.84. The van der Waals surface area contributed by atoms with E-state index >= 15 is 0 Å². The van der Waals surface area contributed by atoms with Gasteiger partial charge in [-0.2, -0.15) is 0 Å². The van der Waals surface area contributed by atoms with Gasteiger partial charge in [-0.05, 0) is 154 Å². The van der Waals surface area contributed by atoms with E-state index in [1.54, 1.807) is 0 Å². The molecule has 0 heterocycles. The van der Waals surface area contributed by atoms with Crippen LogP contribution >= 0.6 is 15.6 Å². The van der Waals surface area contributed by atoms with E-state index in [1.807, 2.05) is 18.2 Å². The van der Waals surface area contributed by atoms with Gasteiger partial charge < -0.3 is 34.2 Å². The van der Waals surface area contributed by atoms with Crippen LogP contribution in [0.2, 0.25) is 0 Å². The zero-order chi connectivity index (χ0) is 76.6. The molecule has 4 N–H and O–H groups in total. The third-order valence-corrected chi connectivity index (χ3v) is 17.4. The van der Waals surface area contributed by atoms with Crippen LogP contribution in [-0.4, -0.2) is 95.9 Å². The Morgan fingerprint density at radius 3 is 0.790 bits per heavy atom. The third-order valence-electron chi connectivity index (χ3n) is 15.5. The van der Waals surface area contributed by atoms with E-state index in [2.05, 4.69) is 209 Å². The van der Waals surface area contributed by atoms with Crippen molar-refractivity contribution >= 4 is 33.6 Å². The number of unbranched alkanes of at least 4 members (excludes halogenated alkanes) is 15. The molecule has 0 amide bonds. The number of phosphoric ester groups is 2. The van der Waals surface area contributed by atoms with Crippen molar-refractivity contribution in [1.29, 1.82) is 0 Å². The molecule has 5 unspecified atom stereocenters. The van der Waals surface area contributed by atoms with Crippen LogP contribution in [0.1, 0.15) is 265 Å². The van der Waals surface area contributed by atoms with Gasteiger partial charge in [-0.25, -0.2) is 9.13 Å². The molecule has 0 radical (unpaired) electrons. The molecular formula is C87H138O16P2. The Morgan fingerprint density at radius 2 is 0.495 bits per heavy atom.